The molecule has 20 heavy (non-hydrogen) atoms. The van der Waals surface area contributed by atoms with Gasteiger partial charge in [0.1, 0.15) is 17.7 Å². The highest BCUT2D eigenvalue weighted by Gasteiger charge is 2.54. The van der Waals surface area contributed by atoms with E-state index in [9.17, 15) is 14.4 Å². The molecule has 2 atom stereocenters. The van der Waals surface area contributed by atoms with E-state index in [1.807, 2.05) is 30.3 Å². The van der Waals surface area contributed by atoms with Crippen LogP contribution in [0.4, 0.5) is 0 Å². The molecule has 5 nitrogen and oxygen atoms in total. The van der Waals surface area contributed by atoms with Crippen LogP contribution in [0.3, 0.4) is 0 Å². The molecule has 106 valence electrons. The van der Waals surface area contributed by atoms with Crippen LogP contribution in [0.15, 0.2) is 30.3 Å². The third-order valence-corrected chi connectivity index (χ3v) is 3.36. The minimum absolute atomic E-state index is 0.229. The zero-order valence-electron chi connectivity index (χ0n) is 11.5. The SMILES string of the molecule is CCOC(=O)[C@@H]1[C@@H](C(C)=O)C(=O)N1Cc1ccccc1. The van der Waals surface area contributed by atoms with Gasteiger partial charge in [0.2, 0.25) is 5.91 Å². The van der Waals surface area contributed by atoms with E-state index in [4.69, 9.17) is 4.74 Å². The Morgan fingerprint density at radius 1 is 1.25 bits per heavy atom. The van der Waals surface area contributed by atoms with Gasteiger partial charge in [-0.1, -0.05) is 30.3 Å². The number of likely N-dealkylation sites (tertiary alicyclic amines) is 1. The number of benzene rings is 1. The first-order chi connectivity index (χ1) is 9.56. The standard InChI is InChI=1S/C15H17NO4/c1-3-20-15(19)13-12(10(2)17)14(18)16(13)9-11-7-5-4-6-8-11/h4-8,12-13H,3,9H2,1-2H3/t12-,13+/m1/s1. The van der Waals surface area contributed by atoms with Crippen molar-refractivity contribution in [3.05, 3.63) is 35.9 Å². The summed E-state index contributed by atoms with van der Waals surface area (Å²) >= 11 is 0. The van der Waals surface area contributed by atoms with Crippen LogP contribution in [0.2, 0.25) is 0 Å². The molecular formula is C15H17NO4. The summed E-state index contributed by atoms with van der Waals surface area (Å²) in [6.45, 7) is 3.57. The summed E-state index contributed by atoms with van der Waals surface area (Å²) in [4.78, 5) is 36.8. The van der Waals surface area contributed by atoms with E-state index in [0.717, 1.165) is 5.56 Å². The number of Topliss-reactive ketones (excluding diaryl/α,β-unsaturated/α-hetero) is 1. The van der Waals surface area contributed by atoms with E-state index in [2.05, 4.69) is 0 Å². The molecule has 0 bridgehead atoms. The largest absolute Gasteiger partial charge is 0.464 e. The molecule has 2 rings (SSSR count). The molecule has 1 saturated heterocycles. The third kappa shape index (κ3) is 2.57. The van der Waals surface area contributed by atoms with Crippen molar-refractivity contribution in [3.63, 3.8) is 0 Å². The number of esters is 1. The van der Waals surface area contributed by atoms with Crippen molar-refractivity contribution < 1.29 is 19.1 Å². The quantitative estimate of drug-likeness (QED) is 0.459. The molecule has 0 spiro atoms. The van der Waals surface area contributed by atoms with Gasteiger partial charge in [0.25, 0.3) is 0 Å². The van der Waals surface area contributed by atoms with Crippen LogP contribution >= 0.6 is 0 Å². The van der Waals surface area contributed by atoms with E-state index >= 15 is 0 Å². The molecule has 1 amide bonds. The van der Waals surface area contributed by atoms with Crippen LogP contribution in [0.1, 0.15) is 19.4 Å². The van der Waals surface area contributed by atoms with Crippen LogP contribution in [-0.2, 0) is 25.7 Å². The Kier molecular flexibility index (Phi) is 4.17. The Labute approximate surface area is 117 Å². The maximum absolute atomic E-state index is 12.0. The number of hydrogen-bond donors (Lipinski definition) is 0. The Bertz CT molecular complexity index is 526. The van der Waals surface area contributed by atoms with Gasteiger partial charge >= 0.3 is 5.97 Å². The monoisotopic (exact) mass is 275 g/mol. The van der Waals surface area contributed by atoms with E-state index in [-0.39, 0.29) is 18.3 Å². The van der Waals surface area contributed by atoms with E-state index < -0.39 is 17.9 Å². The maximum atomic E-state index is 12.0. The van der Waals surface area contributed by atoms with Crippen molar-refractivity contribution in [1.82, 2.24) is 4.90 Å². The minimum Gasteiger partial charge on any atom is -0.464 e. The summed E-state index contributed by atoms with van der Waals surface area (Å²) in [5.74, 6) is -2.00. The average Bonchev–Trinajstić information content (AvgIpc) is 2.42. The smallest absolute Gasteiger partial charge is 0.330 e. The summed E-state index contributed by atoms with van der Waals surface area (Å²) in [6, 6.07) is 8.55. The number of rotatable bonds is 5. The first-order valence-electron chi connectivity index (χ1n) is 6.57. The second-order valence-corrected chi connectivity index (χ2v) is 4.74. The van der Waals surface area contributed by atoms with Crippen molar-refractivity contribution in [2.75, 3.05) is 6.61 Å². The van der Waals surface area contributed by atoms with Crippen molar-refractivity contribution in [1.29, 1.82) is 0 Å². The van der Waals surface area contributed by atoms with E-state index in [1.54, 1.807) is 6.92 Å². The Hall–Kier alpha value is -2.17. The van der Waals surface area contributed by atoms with Gasteiger partial charge in [-0.15, -0.1) is 0 Å². The van der Waals surface area contributed by atoms with Crippen LogP contribution in [0.5, 0.6) is 0 Å². The Balaban J connectivity index is 2.16. The molecule has 1 aromatic carbocycles. The van der Waals surface area contributed by atoms with Gasteiger partial charge in [0.15, 0.2) is 0 Å². The van der Waals surface area contributed by atoms with Crippen LogP contribution in [-0.4, -0.2) is 35.2 Å². The van der Waals surface area contributed by atoms with Gasteiger partial charge < -0.3 is 9.64 Å². The van der Waals surface area contributed by atoms with Crippen molar-refractivity contribution in [2.45, 2.75) is 26.4 Å². The highest BCUT2D eigenvalue weighted by Crippen LogP contribution is 2.30. The molecule has 1 aliphatic rings. The van der Waals surface area contributed by atoms with Crippen LogP contribution in [0.25, 0.3) is 0 Å². The minimum atomic E-state index is -0.891. The van der Waals surface area contributed by atoms with Gasteiger partial charge in [0, 0.05) is 6.54 Å². The van der Waals surface area contributed by atoms with Gasteiger partial charge in [-0.05, 0) is 19.4 Å². The number of carbonyl (C=O) groups is 3. The van der Waals surface area contributed by atoms with E-state index in [0.29, 0.717) is 6.54 Å². The Morgan fingerprint density at radius 3 is 2.45 bits per heavy atom. The molecule has 0 saturated carbocycles. The van der Waals surface area contributed by atoms with E-state index in [1.165, 1.54) is 11.8 Å². The molecule has 0 unspecified atom stereocenters. The molecule has 0 radical (unpaired) electrons. The number of β-lactam (4-membered cyclic amide) rings is 1. The van der Waals surface area contributed by atoms with Crippen molar-refractivity contribution in [2.24, 2.45) is 5.92 Å². The molecular weight excluding hydrogens is 258 g/mol. The lowest BCUT2D eigenvalue weighted by Gasteiger charge is -2.44. The molecule has 0 aliphatic carbocycles. The molecule has 1 aromatic rings. The summed E-state index contributed by atoms with van der Waals surface area (Å²) in [6.07, 6.45) is 0. The fourth-order valence-electron chi connectivity index (χ4n) is 2.39. The maximum Gasteiger partial charge on any atom is 0.330 e. The number of nitrogens with zero attached hydrogens (tertiary/aromatic N) is 1. The number of amides is 1. The Morgan fingerprint density at radius 2 is 1.90 bits per heavy atom. The first kappa shape index (κ1) is 14.2. The zero-order valence-corrected chi connectivity index (χ0v) is 11.5. The zero-order chi connectivity index (χ0) is 14.7. The lowest BCUT2D eigenvalue weighted by molar-refractivity contribution is -0.177. The molecule has 0 N–H and O–H groups in total. The third-order valence-electron chi connectivity index (χ3n) is 3.36. The fourth-order valence-corrected chi connectivity index (χ4v) is 2.39. The summed E-state index contributed by atoms with van der Waals surface area (Å²) in [5.41, 5.74) is 0.914. The molecule has 1 fully saturated rings. The van der Waals surface area contributed by atoms with Crippen molar-refractivity contribution in [3.8, 4) is 0 Å². The summed E-state index contributed by atoms with van der Waals surface area (Å²) in [5, 5.41) is 0. The van der Waals surface area contributed by atoms with Crippen LogP contribution in [0, 0.1) is 5.92 Å². The molecule has 0 aromatic heterocycles. The van der Waals surface area contributed by atoms with Crippen molar-refractivity contribution >= 4 is 17.7 Å². The van der Waals surface area contributed by atoms with Crippen LogP contribution < -0.4 is 0 Å². The lowest BCUT2D eigenvalue weighted by Crippen LogP contribution is -2.66. The lowest BCUT2D eigenvalue weighted by atomic mass is 9.84. The van der Waals surface area contributed by atoms with Gasteiger partial charge in [-0.2, -0.15) is 0 Å². The predicted molar refractivity (Wildman–Crippen MR) is 71.6 cm³/mol. The number of carbonyl (C=O) groups excluding carboxylic acids is 3. The first-order valence-corrected chi connectivity index (χ1v) is 6.57. The molecule has 1 aliphatic heterocycles. The van der Waals surface area contributed by atoms with Gasteiger partial charge in [-0.3, -0.25) is 9.59 Å². The summed E-state index contributed by atoms with van der Waals surface area (Å²) < 4.78 is 4.96. The second kappa shape index (κ2) is 5.86. The van der Waals surface area contributed by atoms with Gasteiger partial charge in [0.05, 0.1) is 6.61 Å². The highest BCUT2D eigenvalue weighted by molar-refractivity contribution is 6.11. The number of ether oxygens (including phenoxy) is 1. The topological polar surface area (TPSA) is 63.7 Å². The second-order valence-electron chi connectivity index (χ2n) is 4.74. The number of ketones is 1. The molecule has 1 heterocycles. The normalized spacial score (nSPS) is 21.3. The average molecular weight is 275 g/mol. The van der Waals surface area contributed by atoms with Gasteiger partial charge in [-0.25, -0.2) is 4.79 Å². The number of hydrogen-bond acceptors (Lipinski definition) is 4. The molecule has 5 heteroatoms. The highest BCUT2D eigenvalue weighted by atomic mass is 16.5. The fraction of sp³-hybridized carbons (Fsp3) is 0.400. The predicted octanol–water partition coefficient (Wildman–Crippen LogP) is 1.17. The summed E-state index contributed by atoms with van der Waals surface area (Å²) in [7, 11) is 0.